The van der Waals surface area contributed by atoms with Crippen LogP contribution in [0.4, 0.5) is 11.6 Å². The van der Waals surface area contributed by atoms with Crippen LogP contribution in [-0.2, 0) is 11.4 Å². The van der Waals surface area contributed by atoms with Crippen molar-refractivity contribution in [1.29, 1.82) is 0 Å². The summed E-state index contributed by atoms with van der Waals surface area (Å²) in [7, 11) is 1.55. The zero-order chi connectivity index (χ0) is 27.7. The van der Waals surface area contributed by atoms with Gasteiger partial charge in [0.15, 0.2) is 11.5 Å². The van der Waals surface area contributed by atoms with Gasteiger partial charge in [-0.1, -0.05) is 52.1 Å². The first kappa shape index (κ1) is 27.0. The van der Waals surface area contributed by atoms with Gasteiger partial charge in [-0.05, 0) is 82.2 Å². The van der Waals surface area contributed by atoms with Crippen LogP contribution in [0.1, 0.15) is 29.7 Å². The van der Waals surface area contributed by atoms with Crippen molar-refractivity contribution in [3.05, 3.63) is 97.1 Å². The van der Waals surface area contributed by atoms with E-state index in [1.54, 1.807) is 36.1 Å². The summed E-state index contributed by atoms with van der Waals surface area (Å²) in [5.74, 6) is 1.05. The molecule has 39 heavy (non-hydrogen) atoms. The van der Waals surface area contributed by atoms with E-state index in [0.717, 1.165) is 11.1 Å². The Kier molecular flexibility index (Phi) is 7.79. The number of methoxy groups -OCH3 is 1. The van der Waals surface area contributed by atoms with E-state index in [-0.39, 0.29) is 12.5 Å². The fourth-order valence-electron chi connectivity index (χ4n) is 4.28. The van der Waals surface area contributed by atoms with Gasteiger partial charge in [-0.2, -0.15) is 4.68 Å². The second kappa shape index (κ2) is 11.3. The Labute approximate surface area is 243 Å². The molecule has 0 aliphatic carbocycles. The number of ether oxygens (including phenoxy) is 2. The number of carbonyl (C=O) groups excluding carboxylic acids is 1. The fourth-order valence-corrected chi connectivity index (χ4v) is 5.31. The first-order chi connectivity index (χ1) is 18.7. The van der Waals surface area contributed by atoms with Crippen molar-refractivity contribution in [2.75, 3.05) is 17.7 Å². The van der Waals surface area contributed by atoms with E-state index in [0.29, 0.717) is 54.5 Å². The molecule has 3 aromatic carbocycles. The van der Waals surface area contributed by atoms with Crippen LogP contribution in [0.15, 0.2) is 70.3 Å². The van der Waals surface area contributed by atoms with Crippen LogP contribution in [-0.4, -0.2) is 33.2 Å². The highest BCUT2D eigenvalue weighted by molar-refractivity contribution is 9.10. The second-order valence-corrected chi connectivity index (χ2v) is 10.6. The SMILES string of the molecule is COc1cc(C2C(C(=O)Nc3ccc(C)cc3)=C(C)Nc3nnnn32)cc(Br)c1OCc1ccc(Cl)cc1Cl. The molecule has 0 radical (unpaired) electrons. The third-order valence-corrected chi connectivity index (χ3v) is 7.40. The third-order valence-electron chi connectivity index (χ3n) is 6.22. The summed E-state index contributed by atoms with van der Waals surface area (Å²) in [6.45, 7) is 3.99. The summed E-state index contributed by atoms with van der Waals surface area (Å²) < 4.78 is 14.0. The Balaban J connectivity index is 1.50. The van der Waals surface area contributed by atoms with Crippen LogP contribution in [0.2, 0.25) is 10.0 Å². The standard InChI is InChI=1S/C27H23BrCl2N6O3/c1-14-4-8-19(9-5-14)32-26(37)23-15(2)31-27-33-34-35-36(27)24(23)17-10-20(28)25(22(11-17)38-3)39-13-16-6-7-18(29)12-21(16)30/h4-12,24H,13H2,1-3H3,(H,32,37)(H,31,33,35). The Morgan fingerprint density at radius 1 is 1.13 bits per heavy atom. The number of rotatable bonds is 7. The summed E-state index contributed by atoms with van der Waals surface area (Å²) in [5.41, 5.74) is 4.32. The van der Waals surface area contributed by atoms with Gasteiger partial charge in [0, 0.05) is 27.0 Å². The smallest absolute Gasteiger partial charge is 0.255 e. The van der Waals surface area contributed by atoms with Crippen LogP contribution in [0, 0.1) is 6.92 Å². The molecular weight excluding hydrogens is 607 g/mol. The first-order valence-corrected chi connectivity index (χ1v) is 13.4. The number of amides is 1. The number of halogens is 3. The number of tetrazole rings is 1. The van der Waals surface area contributed by atoms with Crippen molar-refractivity contribution in [2.45, 2.75) is 26.5 Å². The lowest BCUT2D eigenvalue weighted by atomic mass is 9.94. The molecule has 0 spiro atoms. The average molecular weight is 630 g/mol. The molecule has 12 heteroatoms. The fraction of sp³-hybridized carbons (Fsp3) is 0.185. The molecule has 0 saturated carbocycles. The van der Waals surface area contributed by atoms with Gasteiger partial charge in [0.1, 0.15) is 12.6 Å². The van der Waals surface area contributed by atoms with Crippen molar-refractivity contribution in [3.63, 3.8) is 0 Å². The maximum Gasteiger partial charge on any atom is 0.255 e. The van der Waals surface area contributed by atoms with E-state index < -0.39 is 6.04 Å². The molecule has 0 bridgehead atoms. The van der Waals surface area contributed by atoms with E-state index in [2.05, 4.69) is 42.1 Å². The quantitative estimate of drug-likeness (QED) is 0.238. The molecule has 0 saturated heterocycles. The van der Waals surface area contributed by atoms with Gasteiger partial charge in [-0.15, -0.1) is 0 Å². The predicted molar refractivity (Wildman–Crippen MR) is 154 cm³/mol. The Bertz CT molecular complexity index is 1590. The number of anilines is 2. The van der Waals surface area contributed by atoms with E-state index >= 15 is 0 Å². The maximum atomic E-state index is 13.6. The lowest BCUT2D eigenvalue weighted by Gasteiger charge is -2.28. The summed E-state index contributed by atoms with van der Waals surface area (Å²) in [6, 6.07) is 15.8. The van der Waals surface area contributed by atoms with Gasteiger partial charge in [-0.3, -0.25) is 4.79 Å². The van der Waals surface area contributed by atoms with Gasteiger partial charge in [0.25, 0.3) is 5.91 Å². The second-order valence-electron chi connectivity index (χ2n) is 8.89. The Morgan fingerprint density at radius 2 is 1.90 bits per heavy atom. The number of carbonyl (C=O) groups is 1. The number of benzene rings is 3. The molecule has 0 fully saturated rings. The molecular formula is C27H23BrCl2N6O3. The number of hydrogen-bond acceptors (Lipinski definition) is 7. The molecule has 1 aliphatic rings. The van der Waals surface area contributed by atoms with Gasteiger partial charge < -0.3 is 20.1 Å². The van der Waals surface area contributed by atoms with E-state index in [1.165, 1.54) is 0 Å². The lowest BCUT2D eigenvalue weighted by molar-refractivity contribution is -0.113. The Hall–Kier alpha value is -3.60. The topological polar surface area (TPSA) is 103 Å². The highest BCUT2D eigenvalue weighted by Gasteiger charge is 2.35. The maximum absolute atomic E-state index is 13.6. The van der Waals surface area contributed by atoms with E-state index in [9.17, 15) is 4.79 Å². The number of allylic oxidation sites excluding steroid dienone is 1. The molecule has 1 amide bonds. The summed E-state index contributed by atoms with van der Waals surface area (Å²) in [4.78, 5) is 13.6. The van der Waals surface area contributed by atoms with Crippen molar-refractivity contribution in [3.8, 4) is 11.5 Å². The molecule has 4 aromatic rings. The zero-order valence-electron chi connectivity index (χ0n) is 21.1. The molecule has 1 aromatic heterocycles. The van der Waals surface area contributed by atoms with Gasteiger partial charge in [0.05, 0.1) is 17.2 Å². The van der Waals surface area contributed by atoms with Crippen molar-refractivity contribution in [1.82, 2.24) is 20.2 Å². The molecule has 1 unspecified atom stereocenters. The van der Waals surface area contributed by atoms with Crippen LogP contribution in [0.5, 0.6) is 11.5 Å². The first-order valence-electron chi connectivity index (χ1n) is 11.8. The van der Waals surface area contributed by atoms with Gasteiger partial charge in [-0.25, -0.2) is 0 Å². The summed E-state index contributed by atoms with van der Waals surface area (Å²) in [5, 5.41) is 19.2. The number of nitrogens with zero attached hydrogens (tertiary/aromatic N) is 4. The van der Waals surface area contributed by atoms with Crippen LogP contribution >= 0.6 is 39.1 Å². The zero-order valence-corrected chi connectivity index (χ0v) is 24.2. The van der Waals surface area contributed by atoms with Crippen LogP contribution in [0.25, 0.3) is 0 Å². The third kappa shape index (κ3) is 5.59. The Morgan fingerprint density at radius 3 is 2.62 bits per heavy atom. The molecule has 5 rings (SSSR count). The highest BCUT2D eigenvalue weighted by atomic mass is 79.9. The number of nitrogens with one attached hydrogen (secondary N) is 2. The molecule has 200 valence electrons. The van der Waals surface area contributed by atoms with Gasteiger partial charge >= 0.3 is 0 Å². The van der Waals surface area contributed by atoms with Crippen LogP contribution in [0.3, 0.4) is 0 Å². The number of aryl methyl sites for hydroxylation is 1. The molecule has 2 heterocycles. The number of fused-ring (bicyclic) bond motifs is 1. The number of aromatic nitrogens is 4. The minimum absolute atomic E-state index is 0.192. The normalized spacial score (nSPS) is 14.5. The number of hydrogen-bond donors (Lipinski definition) is 2. The van der Waals surface area contributed by atoms with E-state index in [1.807, 2.05) is 44.2 Å². The lowest BCUT2D eigenvalue weighted by Crippen LogP contribution is -2.31. The summed E-state index contributed by atoms with van der Waals surface area (Å²) in [6.07, 6.45) is 0. The largest absolute Gasteiger partial charge is 0.493 e. The van der Waals surface area contributed by atoms with E-state index in [4.69, 9.17) is 32.7 Å². The molecule has 1 atom stereocenters. The minimum Gasteiger partial charge on any atom is -0.493 e. The van der Waals surface area contributed by atoms with Gasteiger partial charge in [0.2, 0.25) is 5.95 Å². The van der Waals surface area contributed by atoms with Crippen LogP contribution < -0.4 is 20.1 Å². The minimum atomic E-state index is -0.647. The summed E-state index contributed by atoms with van der Waals surface area (Å²) >= 11 is 16.0. The highest BCUT2D eigenvalue weighted by Crippen LogP contribution is 2.43. The monoisotopic (exact) mass is 628 g/mol. The molecule has 9 nitrogen and oxygen atoms in total. The molecule has 2 N–H and O–H groups in total. The van der Waals surface area contributed by atoms with Crippen molar-refractivity contribution in [2.24, 2.45) is 0 Å². The molecule has 1 aliphatic heterocycles. The van der Waals surface area contributed by atoms with Crippen molar-refractivity contribution < 1.29 is 14.3 Å². The average Bonchev–Trinajstić information content (AvgIpc) is 3.37. The van der Waals surface area contributed by atoms with Crippen molar-refractivity contribution >= 4 is 56.7 Å². The predicted octanol–water partition coefficient (Wildman–Crippen LogP) is 6.57.